The van der Waals surface area contributed by atoms with Crippen molar-refractivity contribution in [3.05, 3.63) is 16.1 Å². The molecule has 1 aromatic heterocycles. The third-order valence-corrected chi connectivity index (χ3v) is 5.00. The van der Waals surface area contributed by atoms with Crippen molar-refractivity contribution in [2.75, 3.05) is 13.1 Å². The fraction of sp³-hybridized carbons (Fsp3) is 0.667. The number of hydrogen-bond donors (Lipinski definition) is 1. The Morgan fingerprint density at radius 3 is 2.75 bits per heavy atom. The first-order valence-corrected chi connectivity index (χ1v) is 7.56. The zero-order valence-electron chi connectivity index (χ0n) is 9.14. The van der Waals surface area contributed by atoms with Crippen molar-refractivity contribution in [3.63, 3.8) is 0 Å². The predicted molar refractivity (Wildman–Crippen MR) is 63.4 cm³/mol. The fourth-order valence-corrected chi connectivity index (χ4v) is 3.70. The van der Waals surface area contributed by atoms with Crippen molar-refractivity contribution in [1.82, 2.24) is 14.0 Å². The zero-order chi connectivity index (χ0) is 11.6. The number of nitrogens with zero attached hydrogens (tertiary/aromatic N) is 2. The van der Waals surface area contributed by atoms with Gasteiger partial charge in [-0.3, -0.25) is 0 Å². The summed E-state index contributed by atoms with van der Waals surface area (Å²) >= 11 is 1.48. The molecule has 1 aliphatic heterocycles. The van der Waals surface area contributed by atoms with E-state index >= 15 is 0 Å². The highest BCUT2D eigenvalue weighted by atomic mass is 32.2. The molecule has 2 heterocycles. The Labute approximate surface area is 99.7 Å². The third-order valence-electron chi connectivity index (χ3n) is 2.48. The maximum absolute atomic E-state index is 11.8. The Bertz CT molecular complexity index is 449. The van der Waals surface area contributed by atoms with E-state index in [1.807, 2.05) is 12.3 Å². The SMILES string of the molecule is Cc1csc(CNS(=O)(=O)N2CCCC2)n1. The molecule has 0 saturated carbocycles. The minimum atomic E-state index is -3.30. The second kappa shape index (κ2) is 4.79. The molecular formula is C9H15N3O2S2. The summed E-state index contributed by atoms with van der Waals surface area (Å²) < 4.78 is 27.7. The molecule has 16 heavy (non-hydrogen) atoms. The molecule has 1 N–H and O–H groups in total. The number of rotatable bonds is 4. The van der Waals surface area contributed by atoms with Crippen LogP contribution in [0.4, 0.5) is 0 Å². The lowest BCUT2D eigenvalue weighted by Crippen LogP contribution is -2.38. The van der Waals surface area contributed by atoms with Crippen LogP contribution in [0.3, 0.4) is 0 Å². The largest absolute Gasteiger partial charge is 0.279 e. The van der Waals surface area contributed by atoms with Crippen LogP contribution in [0, 0.1) is 6.92 Å². The highest BCUT2D eigenvalue weighted by molar-refractivity contribution is 7.87. The van der Waals surface area contributed by atoms with E-state index < -0.39 is 10.2 Å². The molecular weight excluding hydrogens is 246 g/mol. The van der Waals surface area contributed by atoms with Crippen LogP contribution in [0.1, 0.15) is 23.5 Å². The van der Waals surface area contributed by atoms with Gasteiger partial charge in [-0.25, -0.2) is 4.98 Å². The Kier molecular flexibility index (Phi) is 3.58. The number of nitrogens with one attached hydrogen (secondary N) is 1. The molecule has 0 amide bonds. The second-order valence-corrected chi connectivity index (χ2v) is 6.51. The van der Waals surface area contributed by atoms with Gasteiger partial charge in [-0.05, 0) is 19.8 Å². The number of aromatic nitrogens is 1. The Morgan fingerprint density at radius 1 is 1.50 bits per heavy atom. The minimum absolute atomic E-state index is 0.289. The van der Waals surface area contributed by atoms with Gasteiger partial charge in [-0.15, -0.1) is 11.3 Å². The quantitative estimate of drug-likeness (QED) is 0.875. The van der Waals surface area contributed by atoms with Gasteiger partial charge in [-0.1, -0.05) is 0 Å². The summed E-state index contributed by atoms with van der Waals surface area (Å²) in [6.07, 6.45) is 1.91. The van der Waals surface area contributed by atoms with Gasteiger partial charge in [-0.2, -0.15) is 17.4 Å². The molecule has 2 rings (SSSR count). The third kappa shape index (κ3) is 2.79. The molecule has 0 atom stereocenters. The smallest absolute Gasteiger partial charge is 0.245 e. The van der Waals surface area contributed by atoms with Gasteiger partial charge in [0.15, 0.2) is 0 Å². The summed E-state index contributed by atoms with van der Waals surface area (Å²) in [7, 11) is -3.30. The van der Waals surface area contributed by atoms with Gasteiger partial charge in [0.25, 0.3) is 10.2 Å². The fourth-order valence-electron chi connectivity index (χ4n) is 1.66. The van der Waals surface area contributed by atoms with Gasteiger partial charge >= 0.3 is 0 Å². The van der Waals surface area contributed by atoms with Crippen molar-refractivity contribution >= 4 is 21.5 Å². The van der Waals surface area contributed by atoms with E-state index in [4.69, 9.17) is 0 Å². The lowest BCUT2D eigenvalue weighted by molar-refractivity contribution is 0.464. The van der Waals surface area contributed by atoms with Gasteiger partial charge in [0.1, 0.15) is 5.01 Å². The molecule has 5 nitrogen and oxygen atoms in total. The van der Waals surface area contributed by atoms with E-state index in [2.05, 4.69) is 9.71 Å². The molecule has 1 aliphatic rings. The first kappa shape index (κ1) is 12.0. The predicted octanol–water partition coefficient (Wildman–Crippen LogP) is 0.882. The van der Waals surface area contributed by atoms with Crippen molar-refractivity contribution in [2.45, 2.75) is 26.3 Å². The molecule has 1 saturated heterocycles. The minimum Gasteiger partial charge on any atom is -0.245 e. The molecule has 0 bridgehead atoms. The molecule has 1 fully saturated rings. The summed E-state index contributed by atoms with van der Waals surface area (Å²) in [5, 5.41) is 2.72. The second-order valence-electron chi connectivity index (χ2n) is 3.81. The number of hydrogen-bond acceptors (Lipinski definition) is 4. The van der Waals surface area contributed by atoms with Crippen LogP contribution >= 0.6 is 11.3 Å². The Hall–Kier alpha value is -0.500. The molecule has 1 aromatic rings. The van der Waals surface area contributed by atoms with E-state index in [0.29, 0.717) is 13.1 Å². The van der Waals surface area contributed by atoms with Crippen LogP contribution in [0.5, 0.6) is 0 Å². The van der Waals surface area contributed by atoms with E-state index in [1.54, 1.807) is 0 Å². The van der Waals surface area contributed by atoms with Crippen molar-refractivity contribution in [2.24, 2.45) is 0 Å². The summed E-state index contributed by atoms with van der Waals surface area (Å²) in [6.45, 7) is 3.45. The summed E-state index contributed by atoms with van der Waals surface area (Å²) in [4.78, 5) is 4.21. The first-order chi connectivity index (χ1) is 7.58. The average Bonchev–Trinajstić information content (AvgIpc) is 2.85. The Morgan fingerprint density at radius 2 is 2.19 bits per heavy atom. The average molecular weight is 261 g/mol. The highest BCUT2D eigenvalue weighted by Gasteiger charge is 2.24. The van der Waals surface area contributed by atoms with Crippen LogP contribution in [0.25, 0.3) is 0 Å². The van der Waals surface area contributed by atoms with Gasteiger partial charge < -0.3 is 0 Å². The van der Waals surface area contributed by atoms with Crippen molar-refractivity contribution in [3.8, 4) is 0 Å². The standard InChI is InChI=1S/C9H15N3O2S2/c1-8-7-15-9(11-8)6-10-16(13,14)12-4-2-3-5-12/h7,10H,2-6H2,1H3. The van der Waals surface area contributed by atoms with Gasteiger partial charge in [0, 0.05) is 24.2 Å². The van der Waals surface area contributed by atoms with Gasteiger partial charge in [0.2, 0.25) is 0 Å². The molecule has 0 aliphatic carbocycles. The maximum atomic E-state index is 11.8. The van der Waals surface area contributed by atoms with Crippen LogP contribution < -0.4 is 4.72 Å². The molecule has 0 unspecified atom stereocenters. The summed E-state index contributed by atoms with van der Waals surface area (Å²) in [6, 6.07) is 0. The van der Waals surface area contributed by atoms with Crippen LogP contribution in [0.15, 0.2) is 5.38 Å². The molecule has 90 valence electrons. The van der Waals surface area contributed by atoms with E-state index in [-0.39, 0.29) is 6.54 Å². The molecule has 0 spiro atoms. The monoisotopic (exact) mass is 261 g/mol. The van der Waals surface area contributed by atoms with E-state index in [0.717, 1.165) is 23.5 Å². The lowest BCUT2D eigenvalue weighted by Gasteiger charge is -2.15. The van der Waals surface area contributed by atoms with Crippen LogP contribution in [-0.2, 0) is 16.8 Å². The van der Waals surface area contributed by atoms with E-state index in [1.165, 1.54) is 15.6 Å². The Balaban J connectivity index is 1.94. The zero-order valence-corrected chi connectivity index (χ0v) is 10.8. The number of thiazole rings is 1. The van der Waals surface area contributed by atoms with Crippen molar-refractivity contribution in [1.29, 1.82) is 0 Å². The molecule has 7 heteroatoms. The normalized spacial score (nSPS) is 18.1. The topological polar surface area (TPSA) is 62.3 Å². The van der Waals surface area contributed by atoms with Gasteiger partial charge in [0.05, 0.1) is 6.54 Å². The first-order valence-electron chi connectivity index (χ1n) is 5.24. The molecule has 0 aromatic carbocycles. The van der Waals surface area contributed by atoms with E-state index in [9.17, 15) is 8.42 Å². The van der Waals surface area contributed by atoms with Crippen molar-refractivity contribution < 1.29 is 8.42 Å². The van der Waals surface area contributed by atoms with Crippen LogP contribution in [-0.4, -0.2) is 30.8 Å². The van der Waals surface area contributed by atoms with Crippen LogP contribution in [0.2, 0.25) is 0 Å². The maximum Gasteiger partial charge on any atom is 0.279 e. The lowest BCUT2D eigenvalue weighted by atomic mass is 10.4. The summed E-state index contributed by atoms with van der Waals surface area (Å²) in [5.41, 5.74) is 0.931. The summed E-state index contributed by atoms with van der Waals surface area (Å²) in [5.74, 6) is 0. The highest BCUT2D eigenvalue weighted by Crippen LogP contribution is 2.13. The molecule has 0 radical (unpaired) electrons. The number of aryl methyl sites for hydroxylation is 1.